The minimum atomic E-state index is -0.944. The second-order valence-corrected chi connectivity index (χ2v) is 9.51. The summed E-state index contributed by atoms with van der Waals surface area (Å²) in [7, 11) is 0. The van der Waals surface area contributed by atoms with Crippen LogP contribution in [0.2, 0.25) is 0 Å². The summed E-state index contributed by atoms with van der Waals surface area (Å²) in [6.07, 6.45) is 5.60. The van der Waals surface area contributed by atoms with E-state index in [1.165, 1.54) is 12.1 Å². The SMILES string of the molecule is CCON=C(c1ccc(F)c(F)c1)c1ccc(CN2CC3(CCN(c4ccc(F)nc4)CC3)C2)cn1. The van der Waals surface area contributed by atoms with E-state index in [0.717, 1.165) is 68.9 Å². The van der Waals surface area contributed by atoms with Crippen LogP contribution in [0.3, 0.4) is 0 Å². The molecule has 188 valence electrons. The highest BCUT2D eigenvalue weighted by Crippen LogP contribution is 2.41. The molecule has 2 aliphatic rings. The van der Waals surface area contributed by atoms with E-state index in [1.807, 2.05) is 12.1 Å². The lowest BCUT2D eigenvalue weighted by atomic mass is 9.72. The van der Waals surface area contributed by atoms with Gasteiger partial charge in [0.25, 0.3) is 0 Å². The summed E-state index contributed by atoms with van der Waals surface area (Å²) in [5.41, 5.74) is 3.67. The Bertz CT molecular complexity index is 1220. The molecule has 0 radical (unpaired) electrons. The predicted octanol–water partition coefficient (Wildman–Crippen LogP) is 4.79. The van der Waals surface area contributed by atoms with Crippen molar-refractivity contribution in [1.29, 1.82) is 0 Å². The molecule has 2 saturated heterocycles. The Morgan fingerprint density at radius 1 is 0.972 bits per heavy atom. The number of nitrogens with zero attached hydrogens (tertiary/aromatic N) is 5. The van der Waals surface area contributed by atoms with Crippen LogP contribution in [-0.2, 0) is 11.4 Å². The molecule has 1 aromatic carbocycles. The topological polar surface area (TPSA) is 53.9 Å². The number of rotatable bonds is 7. The van der Waals surface area contributed by atoms with Gasteiger partial charge < -0.3 is 9.74 Å². The van der Waals surface area contributed by atoms with E-state index >= 15 is 0 Å². The molecule has 4 heterocycles. The first-order chi connectivity index (χ1) is 17.4. The molecule has 2 aliphatic heterocycles. The van der Waals surface area contributed by atoms with E-state index in [2.05, 4.69) is 24.9 Å². The third-order valence-corrected chi connectivity index (χ3v) is 6.97. The first-order valence-electron chi connectivity index (χ1n) is 12.1. The number of aromatic nitrogens is 2. The van der Waals surface area contributed by atoms with Crippen molar-refractivity contribution in [2.24, 2.45) is 10.6 Å². The molecule has 0 N–H and O–H groups in total. The average molecular weight is 496 g/mol. The Morgan fingerprint density at radius 2 is 1.78 bits per heavy atom. The van der Waals surface area contributed by atoms with Gasteiger partial charge in [-0.05, 0) is 67.1 Å². The molecule has 0 aliphatic carbocycles. The van der Waals surface area contributed by atoms with Crippen LogP contribution in [0, 0.1) is 23.0 Å². The van der Waals surface area contributed by atoms with Gasteiger partial charge in [0, 0.05) is 44.5 Å². The highest BCUT2D eigenvalue weighted by molar-refractivity contribution is 6.11. The Hall–Kier alpha value is -3.46. The van der Waals surface area contributed by atoms with Crippen molar-refractivity contribution in [1.82, 2.24) is 14.9 Å². The molecule has 0 unspecified atom stereocenters. The zero-order valence-corrected chi connectivity index (χ0v) is 20.1. The number of benzene rings is 1. The van der Waals surface area contributed by atoms with Crippen molar-refractivity contribution in [3.8, 4) is 0 Å². The number of hydrogen-bond donors (Lipinski definition) is 0. The van der Waals surface area contributed by atoms with Crippen molar-refractivity contribution in [3.63, 3.8) is 0 Å². The maximum atomic E-state index is 13.8. The molecule has 9 heteroatoms. The van der Waals surface area contributed by atoms with E-state index in [4.69, 9.17) is 4.84 Å². The summed E-state index contributed by atoms with van der Waals surface area (Å²) in [5, 5.41) is 4.09. The first kappa shape index (κ1) is 24.2. The molecule has 1 spiro atoms. The van der Waals surface area contributed by atoms with Gasteiger partial charge in [-0.3, -0.25) is 9.88 Å². The molecule has 2 aromatic heterocycles. The van der Waals surface area contributed by atoms with Gasteiger partial charge in [-0.15, -0.1) is 0 Å². The minimum Gasteiger partial charge on any atom is -0.396 e. The van der Waals surface area contributed by atoms with Gasteiger partial charge in [-0.2, -0.15) is 4.39 Å². The molecule has 0 atom stereocenters. The number of likely N-dealkylation sites (tertiary alicyclic amines) is 1. The summed E-state index contributed by atoms with van der Waals surface area (Å²) in [4.78, 5) is 18.2. The molecule has 36 heavy (non-hydrogen) atoms. The van der Waals surface area contributed by atoms with Crippen LogP contribution in [0.4, 0.5) is 18.9 Å². The van der Waals surface area contributed by atoms with Crippen molar-refractivity contribution in [2.45, 2.75) is 26.3 Å². The summed E-state index contributed by atoms with van der Waals surface area (Å²) >= 11 is 0. The van der Waals surface area contributed by atoms with Crippen LogP contribution < -0.4 is 4.90 Å². The molecular weight excluding hydrogens is 467 g/mol. The van der Waals surface area contributed by atoms with E-state index < -0.39 is 17.6 Å². The standard InChI is InChI=1S/C27H28F3N5O/c1-2-36-33-26(20-4-6-22(28)23(29)13-20)24-7-3-19(14-31-24)16-34-17-27(18-34)9-11-35(12-10-27)21-5-8-25(30)32-15-21/h3-8,13-15H,2,9-12,16-18H2,1H3. The van der Waals surface area contributed by atoms with Gasteiger partial charge in [0.1, 0.15) is 12.3 Å². The van der Waals surface area contributed by atoms with Gasteiger partial charge in [0.15, 0.2) is 11.6 Å². The molecule has 0 amide bonds. The average Bonchev–Trinajstić information content (AvgIpc) is 2.87. The molecular formula is C27H28F3N5O. The maximum Gasteiger partial charge on any atom is 0.212 e. The second kappa shape index (κ2) is 10.3. The van der Waals surface area contributed by atoms with Gasteiger partial charge in [-0.25, -0.2) is 13.8 Å². The van der Waals surface area contributed by atoms with E-state index in [0.29, 0.717) is 29.0 Å². The van der Waals surface area contributed by atoms with Gasteiger partial charge in [0.2, 0.25) is 5.95 Å². The lowest BCUT2D eigenvalue weighted by Gasteiger charge is -2.54. The highest BCUT2D eigenvalue weighted by Gasteiger charge is 2.44. The van der Waals surface area contributed by atoms with Gasteiger partial charge in [-0.1, -0.05) is 11.2 Å². The zero-order valence-electron chi connectivity index (χ0n) is 20.1. The smallest absolute Gasteiger partial charge is 0.212 e. The molecule has 5 rings (SSSR count). The van der Waals surface area contributed by atoms with Crippen molar-refractivity contribution in [2.75, 3.05) is 37.7 Å². The Labute approximate surface area is 208 Å². The largest absolute Gasteiger partial charge is 0.396 e. The number of anilines is 1. The third-order valence-electron chi connectivity index (χ3n) is 6.97. The second-order valence-electron chi connectivity index (χ2n) is 9.51. The third kappa shape index (κ3) is 5.21. The quantitative estimate of drug-likeness (QED) is 0.268. The molecule has 6 nitrogen and oxygen atoms in total. The Morgan fingerprint density at radius 3 is 2.42 bits per heavy atom. The number of oxime groups is 1. The zero-order chi connectivity index (χ0) is 25.1. The summed E-state index contributed by atoms with van der Waals surface area (Å²) in [6.45, 7) is 6.91. The van der Waals surface area contributed by atoms with Gasteiger partial charge in [0.05, 0.1) is 17.6 Å². The fourth-order valence-electron chi connectivity index (χ4n) is 5.06. The lowest BCUT2D eigenvalue weighted by Crippen LogP contribution is -2.59. The van der Waals surface area contributed by atoms with E-state index in [1.54, 1.807) is 25.4 Å². The Balaban J connectivity index is 1.18. The summed E-state index contributed by atoms with van der Waals surface area (Å²) < 4.78 is 40.3. The van der Waals surface area contributed by atoms with E-state index in [-0.39, 0.29) is 0 Å². The number of piperidine rings is 1. The number of halogens is 3. The number of pyridine rings is 2. The van der Waals surface area contributed by atoms with Crippen molar-refractivity contribution < 1.29 is 18.0 Å². The minimum absolute atomic E-state index is 0.335. The lowest BCUT2D eigenvalue weighted by molar-refractivity contribution is -0.0240. The number of hydrogen-bond acceptors (Lipinski definition) is 6. The van der Waals surface area contributed by atoms with Crippen molar-refractivity contribution in [3.05, 3.63) is 89.3 Å². The monoisotopic (exact) mass is 495 g/mol. The molecule has 2 fully saturated rings. The normalized spacial score (nSPS) is 17.8. The Kier molecular flexibility index (Phi) is 6.91. The van der Waals surface area contributed by atoms with E-state index in [9.17, 15) is 13.2 Å². The summed E-state index contributed by atoms with van der Waals surface area (Å²) in [5.74, 6) is -2.31. The van der Waals surface area contributed by atoms with Crippen LogP contribution in [0.25, 0.3) is 0 Å². The summed E-state index contributed by atoms with van der Waals surface area (Å²) in [6, 6.07) is 10.7. The molecule has 3 aromatic rings. The molecule has 0 bridgehead atoms. The fourth-order valence-corrected chi connectivity index (χ4v) is 5.06. The van der Waals surface area contributed by atoms with Crippen LogP contribution in [-0.4, -0.2) is 53.4 Å². The first-order valence-corrected chi connectivity index (χ1v) is 12.1. The van der Waals surface area contributed by atoms with Crippen LogP contribution in [0.15, 0.2) is 60.0 Å². The van der Waals surface area contributed by atoms with Crippen molar-refractivity contribution >= 4 is 11.4 Å². The fraction of sp³-hybridized carbons (Fsp3) is 0.370. The molecule has 0 saturated carbocycles. The highest BCUT2D eigenvalue weighted by atomic mass is 19.2. The van der Waals surface area contributed by atoms with Crippen LogP contribution in [0.1, 0.15) is 36.6 Å². The maximum absolute atomic E-state index is 13.8. The van der Waals surface area contributed by atoms with Crippen LogP contribution >= 0.6 is 0 Å². The van der Waals surface area contributed by atoms with Crippen LogP contribution in [0.5, 0.6) is 0 Å². The van der Waals surface area contributed by atoms with Gasteiger partial charge >= 0.3 is 0 Å². The predicted molar refractivity (Wildman–Crippen MR) is 131 cm³/mol.